The van der Waals surface area contributed by atoms with Crippen LogP contribution in [0.5, 0.6) is 0 Å². The normalized spacial score (nSPS) is 27.8. The van der Waals surface area contributed by atoms with E-state index in [0.717, 1.165) is 0 Å². The lowest BCUT2D eigenvalue weighted by atomic mass is 10.3. The number of guanidine groups is 1. The third-order valence-electron chi connectivity index (χ3n) is 1.53. The number of allylic oxidation sites excluding steroid dienone is 2. The van der Waals surface area contributed by atoms with Crippen molar-refractivity contribution in [1.29, 1.82) is 0 Å². The minimum atomic E-state index is 0.130. The Balaban J connectivity index is 2.27. The van der Waals surface area contributed by atoms with Crippen molar-refractivity contribution >= 4 is 5.96 Å². The lowest BCUT2D eigenvalue weighted by Gasteiger charge is -2.20. The zero-order valence-electron chi connectivity index (χ0n) is 5.36. The SMILES string of the molecule is NC1=NNC2C=CC=CN12. The van der Waals surface area contributed by atoms with E-state index in [2.05, 4.69) is 10.5 Å². The molecule has 1 atom stereocenters. The number of nitrogens with zero attached hydrogens (tertiary/aromatic N) is 2. The van der Waals surface area contributed by atoms with Gasteiger partial charge in [-0.1, -0.05) is 6.08 Å². The summed E-state index contributed by atoms with van der Waals surface area (Å²) in [5.41, 5.74) is 8.38. The summed E-state index contributed by atoms with van der Waals surface area (Å²) in [6.07, 6.45) is 7.89. The molecule has 0 bridgehead atoms. The molecular weight excluding hydrogens is 128 g/mol. The molecule has 3 N–H and O–H groups in total. The molecule has 2 heterocycles. The molecular formula is C6H8N4. The van der Waals surface area contributed by atoms with Gasteiger partial charge >= 0.3 is 0 Å². The maximum absolute atomic E-state index is 5.52. The van der Waals surface area contributed by atoms with Crippen LogP contribution in [0, 0.1) is 0 Å². The topological polar surface area (TPSA) is 53.6 Å². The van der Waals surface area contributed by atoms with Crippen molar-refractivity contribution in [3.8, 4) is 0 Å². The smallest absolute Gasteiger partial charge is 0.219 e. The number of rotatable bonds is 0. The molecule has 1 unspecified atom stereocenters. The van der Waals surface area contributed by atoms with Gasteiger partial charge in [0.25, 0.3) is 0 Å². The fourth-order valence-electron chi connectivity index (χ4n) is 1.01. The largest absolute Gasteiger partial charge is 0.368 e. The monoisotopic (exact) mass is 136 g/mol. The molecule has 2 aliphatic heterocycles. The Bertz CT molecular complexity index is 228. The lowest BCUT2D eigenvalue weighted by molar-refractivity contribution is 0.442. The Morgan fingerprint density at radius 2 is 2.50 bits per heavy atom. The molecule has 0 saturated carbocycles. The second kappa shape index (κ2) is 1.76. The van der Waals surface area contributed by atoms with E-state index in [1.807, 2.05) is 29.3 Å². The van der Waals surface area contributed by atoms with Crippen molar-refractivity contribution in [2.45, 2.75) is 6.17 Å². The first-order chi connectivity index (χ1) is 4.88. The van der Waals surface area contributed by atoms with E-state index in [0.29, 0.717) is 5.96 Å². The third-order valence-corrected chi connectivity index (χ3v) is 1.53. The predicted octanol–water partition coefficient (Wildman–Crippen LogP) is -0.469. The zero-order chi connectivity index (χ0) is 6.97. The highest BCUT2D eigenvalue weighted by molar-refractivity contribution is 5.81. The molecule has 0 aromatic heterocycles. The van der Waals surface area contributed by atoms with Crippen LogP contribution in [0.4, 0.5) is 0 Å². The van der Waals surface area contributed by atoms with Crippen LogP contribution in [0.15, 0.2) is 29.5 Å². The molecule has 2 rings (SSSR count). The van der Waals surface area contributed by atoms with E-state index >= 15 is 0 Å². The van der Waals surface area contributed by atoms with Crippen LogP contribution in [-0.2, 0) is 0 Å². The summed E-state index contributed by atoms with van der Waals surface area (Å²) in [7, 11) is 0. The van der Waals surface area contributed by atoms with Gasteiger partial charge in [0.05, 0.1) is 0 Å². The fourth-order valence-corrected chi connectivity index (χ4v) is 1.01. The predicted molar refractivity (Wildman–Crippen MR) is 38.7 cm³/mol. The maximum Gasteiger partial charge on any atom is 0.219 e. The number of hydrogen-bond acceptors (Lipinski definition) is 4. The van der Waals surface area contributed by atoms with E-state index < -0.39 is 0 Å². The summed E-state index contributed by atoms with van der Waals surface area (Å²) in [6.45, 7) is 0. The quantitative estimate of drug-likeness (QED) is 0.473. The van der Waals surface area contributed by atoms with Crippen LogP contribution >= 0.6 is 0 Å². The summed E-state index contributed by atoms with van der Waals surface area (Å²) in [4.78, 5) is 1.86. The minimum absolute atomic E-state index is 0.130. The number of fused-ring (bicyclic) bond motifs is 1. The Hall–Kier alpha value is -1.45. The number of nitrogens with one attached hydrogen (secondary N) is 1. The molecule has 0 aromatic carbocycles. The molecule has 52 valence electrons. The van der Waals surface area contributed by atoms with Crippen LogP contribution in [0.3, 0.4) is 0 Å². The molecule has 0 radical (unpaired) electrons. The average Bonchev–Trinajstić information content (AvgIpc) is 2.34. The van der Waals surface area contributed by atoms with Crippen LogP contribution in [0.2, 0.25) is 0 Å². The lowest BCUT2D eigenvalue weighted by Crippen LogP contribution is -2.38. The second-order valence-corrected chi connectivity index (χ2v) is 2.18. The van der Waals surface area contributed by atoms with Crippen LogP contribution in [0.1, 0.15) is 0 Å². The van der Waals surface area contributed by atoms with Crippen LogP contribution in [0.25, 0.3) is 0 Å². The standard InChI is InChI=1S/C6H8N4/c7-6-9-8-5-3-1-2-4-10(5)6/h1-5,8H,(H2,7,9). The molecule has 0 aromatic rings. The molecule has 0 saturated heterocycles. The van der Waals surface area contributed by atoms with E-state index in [1.165, 1.54) is 0 Å². The Morgan fingerprint density at radius 1 is 1.60 bits per heavy atom. The van der Waals surface area contributed by atoms with Crippen LogP contribution in [-0.4, -0.2) is 17.0 Å². The summed E-state index contributed by atoms with van der Waals surface area (Å²) in [5.74, 6) is 0.519. The molecule has 2 aliphatic rings. The van der Waals surface area contributed by atoms with Crippen molar-refractivity contribution in [1.82, 2.24) is 10.3 Å². The highest BCUT2D eigenvalue weighted by atomic mass is 15.5. The van der Waals surface area contributed by atoms with Crippen LogP contribution < -0.4 is 11.2 Å². The van der Waals surface area contributed by atoms with E-state index in [1.54, 1.807) is 0 Å². The first kappa shape index (κ1) is 5.34. The van der Waals surface area contributed by atoms with Gasteiger partial charge in [0.2, 0.25) is 5.96 Å². The molecule has 0 fully saturated rings. The van der Waals surface area contributed by atoms with Gasteiger partial charge in [-0.05, 0) is 12.2 Å². The van der Waals surface area contributed by atoms with Crippen molar-refractivity contribution in [2.75, 3.05) is 0 Å². The van der Waals surface area contributed by atoms with E-state index in [4.69, 9.17) is 5.73 Å². The number of hydrazone groups is 1. The van der Waals surface area contributed by atoms with Gasteiger partial charge in [0.1, 0.15) is 6.17 Å². The van der Waals surface area contributed by atoms with Crippen molar-refractivity contribution in [2.24, 2.45) is 10.8 Å². The van der Waals surface area contributed by atoms with Gasteiger partial charge in [0.15, 0.2) is 0 Å². The summed E-state index contributed by atoms with van der Waals surface area (Å²) >= 11 is 0. The molecule has 0 aliphatic carbocycles. The average molecular weight is 136 g/mol. The van der Waals surface area contributed by atoms with E-state index in [-0.39, 0.29) is 6.17 Å². The van der Waals surface area contributed by atoms with Gasteiger partial charge in [0, 0.05) is 6.20 Å². The minimum Gasteiger partial charge on any atom is -0.368 e. The van der Waals surface area contributed by atoms with Gasteiger partial charge in [-0.15, -0.1) is 5.10 Å². The number of nitrogens with two attached hydrogens (primary N) is 1. The summed E-state index contributed by atoms with van der Waals surface area (Å²) in [6, 6.07) is 0. The van der Waals surface area contributed by atoms with E-state index in [9.17, 15) is 0 Å². The fraction of sp³-hybridized carbons (Fsp3) is 0.167. The van der Waals surface area contributed by atoms with Crippen molar-refractivity contribution in [3.63, 3.8) is 0 Å². The first-order valence-corrected chi connectivity index (χ1v) is 3.10. The molecule has 0 amide bonds. The molecule has 0 spiro atoms. The summed E-state index contributed by atoms with van der Waals surface area (Å²) < 4.78 is 0. The Kier molecular flexibility index (Phi) is 0.943. The molecule has 10 heavy (non-hydrogen) atoms. The highest BCUT2D eigenvalue weighted by Crippen LogP contribution is 2.08. The third kappa shape index (κ3) is 0.586. The number of hydrogen-bond donors (Lipinski definition) is 2. The Labute approximate surface area is 58.7 Å². The van der Waals surface area contributed by atoms with Gasteiger partial charge in [-0.25, -0.2) is 0 Å². The molecule has 4 heteroatoms. The second-order valence-electron chi connectivity index (χ2n) is 2.18. The Morgan fingerprint density at radius 3 is 3.30 bits per heavy atom. The summed E-state index contributed by atoms with van der Waals surface area (Å²) in [5, 5.41) is 3.85. The first-order valence-electron chi connectivity index (χ1n) is 3.10. The van der Waals surface area contributed by atoms with Gasteiger partial charge < -0.3 is 5.73 Å². The van der Waals surface area contributed by atoms with Crippen molar-refractivity contribution in [3.05, 3.63) is 24.4 Å². The van der Waals surface area contributed by atoms with Crippen molar-refractivity contribution < 1.29 is 0 Å². The molecule has 4 nitrogen and oxygen atoms in total. The maximum atomic E-state index is 5.52. The highest BCUT2D eigenvalue weighted by Gasteiger charge is 2.21. The van der Waals surface area contributed by atoms with Gasteiger partial charge in [-0.3, -0.25) is 10.3 Å². The zero-order valence-corrected chi connectivity index (χ0v) is 5.36. The van der Waals surface area contributed by atoms with Gasteiger partial charge in [-0.2, -0.15) is 0 Å².